The Morgan fingerprint density at radius 3 is 2.64 bits per heavy atom. The molecule has 2 amide bonds. The van der Waals surface area contributed by atoms with Gasteiger partial charge in [0, 0.05) is 41.5 Å². The van der Waals surface area contributed by atoms with E-state index in [1.54, 1.807) is 24.4 Å². The van der Waals surface area contributed by atoms with Crippen LogP contribution >= 0.6 is 11.3 Å². The van der Waals surface area contributed by atoms with Gasteiger partial charge in [0.25, 0.3) is 11.8 Å². The molecule has 2 heterocycles. The van der Waals surface area contributed by atoms with Gasteiger partial charge in [0.1, 0.15) is 5.01 Å². The highest BCUT2D eigenvalue weighted by Crippen LogP contribution is 2.28. The van der Waals surface area contributed by atoms with E-state index in [0.717, 1.165) is 42.2 Å². The first-order chi connectivity index (χ1) is 13.6. The highest BCUT2D eigenvalue weighted by molar-refractivity contribution is 7.13. The SMILES string of the molecule is NC(=O)c1ccc(NC(=O)c2cccc(-c3nccs3)c2)cc1N1CCCC1. The first-order valence-electron chi connectivity index (χ1n) is 9.12. The molecule has 1 aliphatic rings. The van der Waals surface area contributed by atoms with Crippen LogP contribution in [0.2, 0.25) is 0 Å². The van der Waals surface area contributed by atoms with Gasteiger partial charge < -0.3 is 16.0 Å². The number of primary amides is 1. The quantitative estimate of drug-likeness (QED) is 0.692. The molecule has 0 saturated carbocycles. The summed E-state index contributed by atoms with van der Waals surface area (Å²) in [6, 6.07) is 12.6. The summed E-state index contributed by atoms with van der Waals surface area (Å²) in [5, 5.41) is 5.70. The molecule has 142 valence electrons. The monoisotopic (exact) mass is 392 g/mol. The lowest BCUT2D eigenvalue weighted by Gasteiger charge is -2.21. The fourth-order valence-electron chi connectivity index (χ4n) is 3.40. The van der Waals surface area contributed by atoms with Crippen molar-refractivity contribution in [3.63, 3.8) is 0 Å². The lowest BCUT2D eigenvalue weighted by atomic mass is 10.1. The van der Waals surface area contributed by atoms with Crippen LogP contribution in [-0.2, 0) is 0 Å². The molecule has 0 atom stereocenters. The standard InChI is InChI=1S/C21H20N4O2S/c22-19(26)17-7-6-16(13-18(17)25-9-1-2-10-25)24-20(27)14-4-3-5-15(12-14)21-23-8-11-28-21/h3-8,11-13H,1-2,9-10H2,(H2,22,26)(H,24,27). The number of hydrogen-bond acceptors (Lipinski definition) is 5. The molecule has 1 aliphatic heterocycles. The molecular weight excluding hydrogens is 372 g/mol. The van der Waals surface area contributed by atoms with Crippen molar-refractivity contribution in [2.75, 3.05) is 23.3 Å². The molecule has 2 aromatic carbocycles. The molecule has 0 bridgehead atoms. The molecule has 0 unspecified atom stereocenters. The van der Waals surface area contributed by atoms with Gasteiger partial charge in [-0.05, 0) is 43.2 Å². The number of amides is 2. The van der Waals surface area contributed by atoms with Crippen LogP contribution in [0.25, 0.3) is 10.6 Å². The van der Waals surface area contributed by atoms with Gasteiger partial charge in [0.05, 0.1) is 11.3 Å². The summed E-state index contributed by atoms with van der Waals surface area (Å²) in [7, 11) is 0. The largest absolute Gasteiger partial charge is 0.371 e. The number of thiazole rings is 1. The van der Waals surface area contributed by atoms with Gasteiger partial charge in [-0.25, -0.2) is 4.98 Å². The summed E-state index contributed by atoms with van der Waals surface area (Å²) < 4.78 is 0. The van der Waals surface area contributed by atoms with Crippen LogP contribution in [0.15, 0.2) is 54.0 Å². The van der Waals surface area contributed by atoms with Gasteiger partial charge in [-0.15, -0.1) is 11.3 Å². The molecule has 28 heavy (non-hydrogen) atoms. The van der Waals surface area contributed by atoms with Crippen LogP contribution < -0.4 is 16.0 Å². The Bertz CT molecular complexity index is 1010. The molecule has 3 aromatic rings. The van der Waals surface area contributed by atoms with Crippen molar-refractivity contribution in [1.82, 2.24) is 4.98 Å². The zero-order valence-electron chi connectivity index (χ0n) is 15.2. The Labute approximate surface area is 167 Å². The van der Waals surface area contributed by atoms with Crippen LogP contribution in [0.4, 0.5) is 11.4 Å². The number of carbonyl (C=O) groups excluding carboxylic acids is 2. The van der Waals surface area contributed by atoms with Crippen LogP contribution in [0.3, 0.4) is 0 Å². The first kappa shape index (κ1) is 18.2. The summed E-state index contributed by atoms with van der Waals surface area (Å²) in [4.78, 5) is 31.0. The van der Waals surface area contributed by atoms with Crippen molar-refractivity contribution in [1.29, 1.82) is 0 Å². The number of carbonyl (C=O) groups is 2. The van der Waals surface area contributed by atoms with Crippen LogP contribution in [-0.4, -0.2) is 29.9 Å². The summed E-state index contributed by atoms with van der Waals surface area (Å²) in [5.41, 5.74) is 8.88. The van der Waals surface area contributed by atoms with Gasteiger partial charge in [-0.2, -0.15) is 0 Å². The second-order valence-corrected chi connectivity index (χ2v) is 7.56. The van der Waals surface area contributed by atoms with Crippen molar-refractivity contribution in [2.24, 2.45) is 5.73 Å². The van der Waals surface area contributed by atoms with Gasteiger partial charge in [0.2, 0.25) is 0 Å². The van der Waals surface area contributed by atoms with E-state index in [4.69, 9.17) is 5.73 Å². The minimum absolute atomic E-state index is 0.211. The highest BCUT2D eigenvalue weighted by Gasteiger charge is 2.19. The zero-order valence-corrected chi connectivity index (χ0v) is 16.0. The van der Waals surface area contributed by atoms with Crippen LogP contribution in [0.1, 0.15) is 33.6 Å². The number of rotatable bonds is 5. The van der Waals surface area contributed by atoms with E-state index in [1.807, 2.05) is 29.6 Å². The van der Waals surface area contributed by atoms with Crippen LogP contribution in [0, 0.1) is 0 Å². The number of anilines is 2. The fourth-order valence-corrected chi connectivity index (χ4v) is 4.04. The van der Waals surface area contributed by atoms with Gasteiger partial charge in [-0.3, -0.25) is 9.59 Å². The molecule has 0 radical (unpaired) electrons. The van der Waals surface area contributed by atoms with Gasteiger partial charge in [0.15, 0.2) is 0 Å². The first-order valence-corrected chi connectivity index (χ1v) is 10.00. The van der Waals surface area contributed by atoms with Crippen molar-refractivity contribution < 1.29 is 9.59 Å². The third-order valence-electron chi connectivity index (χ3n) is 4.77. The lowest BCUT2D eigenvalue weighted by Crippen LogP contribution is -2.23. The number of nitrogens with one attached hydrogen (secondary N) is 1. The lowest BCUT2D eigenvalue weighted by molar-refractivity contribution is 0.0998. The zero-order chi connectivity index (χ0) is 19.5. The summed E-state index contributed by atoms with van der Waals surface area (Å²) >= 11 is 1.53. The number of hydrogen-bond donors (Lipinski definition) is 2. The van der Waals surface area contributed by atoms with Gasteiger partial charge >= 0.3 is 0 Å². The number of benzene rings is 2. The van der Waals surface area contributed by atoms with Crippen molar-refractivity contribution in [3.05, 3.63) is 65.2 Å². The Morgan fingerprint density at radius 2 is 1.93 bits per heavy atom. The molecule has 3 N–H and O–H groups in total. The predicted molar refractivity (Wildman–Crippen MR) is 112 cm³/mol. The second kappa shape index (κ2) is 7.82. The maximum Gasteiger partial charge on any atom is 0.255 e. The minimum atomic E-state index is -0.462. The third kappa shape index (κ3) is 3.75. The molecule has 7 heteroatoms. The van der Waals surface area contributed by atoms with E-state index < -0.39 is 5.91 Å². The Hall–Kier alpha value is -3.19. The van der Waals surface area contributed by atoms with Crippen molar-refractivity contribution in [3.8, 4) is 10.6 Å². The second-order valence-electron chi connectivity index (χ2n) is 6.66. The molecule has 4 rings (SSSR count). The number of nitrogens with two attached hydrogens (primary N) is 1. The van der Waals surface area contributed by atoms with E-state index in [9.17, 15) is 9.59 Å². The van der Waals surface area contributed by atoms with Crippen LogP contribution in [0.5, 0.6) is 0 Å². The van der Waals surface area contributed by atoms with E-state index in [1.165, 1.54) is 11.3 Å². The molecule has 6 nitrogen and oxygen atoms in total. The molecule has 1 aromatic heterocycles. The third-order valence-corrected chi connectivity index (χ3v) is 5.59. The van der Waals surface area contributed by atoms with Crippen molar-refractivity contribution >= 4 is 34.5 Å². The van der Waals surface area contributed by atoms with E-state index >= 15 is 0 Å². The smallest absolute Gasteiger partial charge is 0.255 e. The molecule has 1 saturated heterocycles. The molecular formula is C21H20N4O2S. The maximum absolute atomic E-state index is 12.8. The number of nitrogens with zero attached hydrogens (tertiary/aromatic N) is 2. The Kier molecular flexibility index (Phi) is 5.08. The van der Waals surface area contributed by atoms with E-state index in [0.29, 0.717) is 16.8 Å². The topological polar surface area (TPSA) is 88.3 Å². The molecule has 1 fully saturated rings. The Morgan fingerprint density at radius 1 is 1.11 bits per heavy atom. The van der Waals surface area contributed by atoms with E-state index in [-0.39, 0.29) is 5.91 Å². The summed E-state index contributed by atoms with van der Waals surface area (Å²) in [6.45, 7) is 1.76. The highest BCUT2D eigenvalue weighted by atomic mass is 32.1. The normalized spacial score (nSPS) is 13.5. The van der Waals surface area contributed by atoms with Gasteiger partial charge in [-0.1, -0.05) is 12.1 Å². The predicted octanol–water partition coefficient (Wildman–Crippen LogP) is 3.76. The average molecular weight is 392 g/mol. The summed E-state index contributed by atoms with van der Waals surface area (Å²) in [5.74, 6) is -0.673. The van der Waals surface area contributed by atoms with Crippen molar-refractivity contribution in [2.45, 2.75) is 12.8 Å². The minimum Gasteiger partial charge on any atom is -0.371 e. The molecule has 0 aliphatic carbocycles. The summed E-state index contributed by atoms with van der Waals surface area (Å²) in [6.07, 6.45) is 3.91. The number of aromatic nitrogens is 1. The molecule has 0 spiro atoms. The fraction of sp³-hybridized carbons (Fsp3) is 0.190. The average Bonchev–Trinajstić information content (AvgIpc) is 3.42. The Balaban J connectivity index is 1.59. The van der Waals surface area contributed by atoms with E-state index in [2.05, 4.69) is 15.2 Å². The maximum atomic E-state index is 12.8.